The van der Waals surface area contributed by atoms with Crippen molar-refractivity contribution >= 4 is 16.2 Å². The van der Waals surface area contributed by atoms with Gasteiger partial charge in [-0.3, -0.25) is 4.40 Å². The summed E-state index contributed by atoms with van der Waals surface area (Å²) in [6.07, 6.45) is 12.3. The normalized spacial score (nSPS) is 28.1. The van der Waals surface area contributed by atoms with Gasteiger partial charge in [-0.1, -0.05) is 26.2 Å². The molecule has 4 heteroatoms. The van der Waals surface area contributed by atoms with Crippen molar-refractivity contribution in [3.63, 3.8) is 0 Å². The maximum absolute atomic E-state index is 11.0. The highest BCUT2D eigenvalue weighted by Gasteiger charge is 2.35. The fraction of sp³-hybridized carbons (Fsp3) is 0.706. The molecule has 2 fully saturated rings. The standard InChI is InChI=1S/C17H24N2OS/c1-2-11-3-5-12(6-4-11)16(20)15-17(13-7-8-13)21-14-9-18-10-19(14)15/h9-13,16,20H,2-8H2,1H3. The molecule has 0 aromatic carbocycles. The van der Waals surface area contributed by atoms with Crippen molar-refractivity contribution in [2.45, 2.75) is 63.9 Å². The number of hydrogen-bond donors (Lipinski definition) is 1. The zero-order valence-corrected chi connectivity index (χ0v) is 13.5. The first-order valence-corrected chi connectivity index (χ1v) is 9.22. The van der Waals surface area contributed by atoms with Gasteiger partial charge in [0.05, 0.1) is 18.0 Å². The smallest absolute Gasteiger partial charge is 0.120 e. The van der Waals surface area contributed by atoms with Gasteiger partial charge in [0.15, 0.2) is 0 Å². The summed E-state index contributed by atoms with van der Waals surface area (Å²) in [6, 6.07) is 0. The lowest BCUT2D eigenvalue weighted by Crippen LogP contribution is -2.21. The van der Waals surface area contributed by atoms with Crippen LogP contribution >= 0.6 is 11.3 Å². The zero-order chi connectivity index (χ0) is 14.4. The first kappa shape index (κ1) is 13.8. The van der Waals surface area contributed by atoms with Gasteiger partial charge in [-0.25, -0.2) is 4.98 Å². The van der Waals surface area contributed by atoms with Crippen LogP contribution in [0.3, 0.4) is 0 Å². The molecule has 2 heterocycles. The predicted molar refractivity (Wildman–Crippen MR) is 85.7 cm³/mol. The molecule has 1 N–H and O–H groups in total. The number of thiazole rings is 1. The largest absolute Gasteiger partial charge is 0.387 e. The molecule has 0 saturated heterocycles. The highest BCUT2D eigenvalue weighted by Crippen LogP contribution is 2.49. The Hall–Kier alpha value is -0.870. The predicted octanol–water partition coefficient (Wildman–Crippen LogP) is 4.52. The van der Waals surface area contributed by atoms with Crippen LogP contribution < -0.4 is 0 Å². The average Bonchev–Trinajstić information content (AvgIpc) is 3.15. The van der Waals surface area contributed by atoms with Crippen LogP contribution in [0.25, 0.3) is 4.83 Å². The number of nitrogens with zero attached hydrogens (tertiary/aromatic N) is 2. The molecule has 21 heavy (non-hydrogen) atoms. The molecule has 2 aliphatic carbocycles. The van der Waals surface area contributed by atoms with E-state index in [4.69, 9.17) is 0 Å². The van der Waals surface area contributed by atoms with E-state index < -0.39 is 0 Å². The van der Waals surface area contributed by atoms with E-state index in [-0.39, 0.29) is 6.10 Å². The molecule has 1 atom stereocenters. The highest BCUT2D eigenvalue weighted by molar-refractivity contribution is 7.17. The second kappa shape index (κ2) is 5.40. The van der Waals surface area contributed by atoms with Crippen molar-refractivity contribution in [3.05, 3.63) is 23.1 Å². The summed E-state index contributed by atoms with van der Waals surface area (Å²) in [5.74, 6) is 2.02. The fourth-order valence-corrected chi connectivity index (χ4v) is 5.19. The van der Waals surface area contributed by atoms with Crippen molar-refractivity contribution < 1.29 is 5.11 Å². The molecule has 2 aromatic heterocycles. The van der Waals surface area contributed by atoms with Gasteiger partial charge in [0.1, 0.15) is 11.2 Å². The fourth-order valence-electron chi connectivity index (χ4n) is 3.88. The van der Waals surface area contributed by atoms with Crippen LogP contribution in [0.4, 0.5) is 0 Å². The van der Waals surface area contributed by atoms with Crippen LogP contribution in [-0.4, -0.2) is 14.5 Å². The number of aliphatic hydroxyl groups excluding tert-OH is 1. The van der Waals surface area contributed by atoms with Gasteiger partial charge in [0.2, 0.25) is 0 Å². The summed E-state index contributed by atoms with van der Waals surface area (Å²) in [7, 11) is 0. The third-order valence-corrected chi connectivity index (χ3v) is 6.75. The van der Waals surface area contributed by atoms with E-state index in [1.54, 1.807) is 0 Å². The SMILES string of the molecule is CCC1CCC(C(O)c2c(C3CC3)sc3cncn23)CC1. The molecule has 4 rings (SSSR count). The molecule has 2 saturated carbocycles. The Bertz CT molecular complexity index is 620. The summed E-state index contributed by atoms with van der Waals surface area (Å²) < 4.78 is 2.15. The quantitative estimate of drug-likeness (QED) is 0.901. The van der Waals surface area contributed by atoms with Crippen LogP contribution in [0, 0.1) is 11.8 Å². The maximum atomic E-state index is 11.0. The Morgan fingerprint density at radius 3 is 2.71 bits per heavy atom. The minimum absolute atomic E-state index is 0.304. The number of imidazole rings is 1. The Balaban J connectivity index is 1.62. The minimum Gasteiger partial charge on any atom is -0.387 e. The summed E-state index contributed by atoms with van der Waals surface area (Å²) in [5, 5.41) is 11.0. The van der Waals surface area contributed by atoms with Gasteiger partial charge in [-0.05, 0) is 43.4 Å². The van der Waals surface area contributed by atoms with E-state index in [2.05, 4.69) is 16.3 Å². The van der Waals surface area contributed by atoms with E-state index in [1.165, 1.54) is 54.7 Å². The van der Waals surface area contributed by atoms with Crippen LogP contribution in [-0.2, 0) is 0 Å². The molecule has 0 radical (unpaired) electrons. The number of fused-ring (bicyclic) bond motifs is 1. The maximum Gasteiger partial charge on any atom is 0.120 e. The molecule has 114 valence electrons. The number of rotatable bonds is 4. The van der Waals surface area contributed by atoms with Crippen LogP contribution in [0.5, 0.6) is 0 Å². The lowest BCUT2D eigenvalue weighted by Gasteiger charge is -2.31. The minimum atomic E-state index is -0.304. The first-order chi connectivity index (χ1) is 10.3. The number of hydrogen-bond acceptors (Lipinski definition) is 3. The summed E-state index contributed by atoms with van der Waals surface area (Å²) in [5.41, 5.74) is 1.16. The zero-order valence-electron chi connectivity index (χ0n) is 12.7. The molecule has 0 bridgehead atoms. The van der Waals surface area contributed by atoms with Crippen molar-refractivity contribution in [3.8, 4) is 0 Å². The molecule has 1 unspecified atom stereocenters. The summed E-state index contributed by atoms with van der Waals surface area (Å²) in [4.78, 5) is 6.87. The molecule has 0 spiro atoms. The van der Waals surface area contributed by atoms with Crippen molar-refractivity contribution in [1.29, 1.82) is 0 Å². The molecule has 0 amide bonds. The molecule has 0 aliphatic heterocycles. The molecule has 2 aliphatic rings. The Morgan fingerprint density at radius 2 is 2.05 bits per heavy atom. The van der Waals surface area contributed by atoms with E-state index in [9.17, 15) is 5.11 Å². The third kappa shape index (κ3) is 2.42. The van der Waals surface area contributed by atoms with Gasteiger partial charge in [0.25, 0.3) is 0 Å². The lowest BCUT2D eigenvalue weighted by atomic mass is 9.77. The van der Waals surface area contributed by atoms with Gasteiger partial charge in [-0.15, -0.1) is 11.3 Å². The van der Waals surface area contributed by atoms with E-state index in [0.717, 1.165) is 11.6 Å². The molecular formula is C17H24N2OS. The Morgan fingerprint density at radius 1 is 1.29 bits per heavy atom. The highest BCUT2D eigenvalue weighted by atomic mass is 32.1. The molecular weight excluding hydrogens is 280 g/mol. The van der Waals surface area contributed by atoms with Crippen LogP contribution in [0.15, 0.2) is 12.5 Å². The second-order valence-electron chi connectivity index (χ2n) is 6.86. The monoisotopic (exact) mass is 304 g/mol. The second-order valence-corrected chi connectivity index (χ2v) is 7.92. The van der Waals surface area contributed by atoms with Gasteiger partial charge in [-0.2, -0.15) is 0 Å². The van der Waals surface area contributed by atoms with Gasteiger partial charge < -0.3 is 5.11 Å². The number of aliphatic hydroxyl groups is 1. The Kier molecular flexibility index (Phi) is 3.54. The van der Waals surface area contributed by atoms with E-state index in [1.807, 2.05) is 23.9 Å². The number of aromatic nitrogens is 2. The van der Waals surface area contributed by atoms with Crippen LogP contribution in [0.2, 0.25) is 0 Å². The molecule has 2 aromatic rings. The summed E-state index contributed by atoms with van der Waals surface area (Å²) in [6.45, 7) is 2.29. The summed E-state index contributed by atoms with van der Waals surface area (Å²) >= 11 is 1.84. The van der Waals surface area contributed by atoms with Crippen molar-refractivity contribution in [2.75, 3.05) is 0 Å². The van der Waals surface area contributed by atoms with Crippen LogP contribution in [0.1, 0.15) is 74.5 Å². The lowest BCUT2D eigenvalue weighted by molar-refractivity contribution is 0.0684. The van der Waals surface area contributed by atoms with Gasteiger partial charge >= 0.3 is 0 Å². The Labute approximate surface area is 130 Å². The van der Waals surface area contributed by atoms with E-state index >= 15 is 0 Å². The molecule has 3 nitrogen and oxygen atoms in total. The van der Waals surface area contributed by atoms with Crippen molar-refractivity contribution in [1.82, 2.24) is 9.38 Å². The van der Waals surface area contributed by atoms with Crippen molar-refractivity contribution in [2.24, 2.45) is 11.8 Å². The average molecular weight is 304 g/mol. The van der Waals surface area contributed by atoms with E-state index in [0.29, 0.717) is 11.8 Å². The van der Waals surface area contributed by atoms with Gasteiger partial charge in [0, 0.05) is 4.88 Å². The first-order valence-electron chi connectivity index (χ1n) is 8.40. The topological polar surface area (TPSA) is 37.5 Å². The third-order valence-electron chi connectivity index (χ3n) is 5.47.